The lowest BCUT2D eigenvalue weighted by Gasteiger charge is -2.13. The summed E-state index contributed by atoms with van der Waals surface area (Å²) in [6.45, 7) is 6.06. The number of alkyl halides is 2. The Morgan fingerprint density at radius 2 is 2.03 bits per heavy atom. The normalized spacial score (nSPS) is 14.6. The maximum Gasteiger partial charge on any atom is 0.263 e. The van der Waals surface area contributed by atoms with Crippen molar-refractivity contribution in [2.24, 2.45) is 7.05 Å². The summed E-state index contributed by atoms with van der Waals surface area (Å²) < 4.78 is 36.6. The van der Waals surface area contributed by atoms with Crippen molar-refractivity contribution in [2.75, 3.05) is 6.61 Å². The standard InChI is InChI=1S/C23H24ClF2N3O/c1-4-21(30-5-2)20-13-19-16(12-22(24)29(19)28(20)3)18-11-15(23(25)26)10-17(27-18)14-8-6-7-9-14/h10-14,23H,1,5-9H2,2-3H3. The van der Waals surface area contributed by atoms with Crippen molar-refractivity contribution in [3.05, 3.63) is 58.7 Å². The number of hydrogen-bond acceptors (Lipinski definition) is 2. The van der Waals surface area contributed by atoms with Gasteiger partial charge in [0.2, 0.25) is 0 Å². The second kappa shape index (κ2) is 8.29. The fourth-order valence-corrected chi connectivity index (χ4v) is 4.62. The van der Waals surface area contributed by atoms with Crippen LogP contribution in [0.5, 0.6) is 0 Å². The van der Waals surface area contributed by atoms with Gasteiger partial charge in [0.15, 0.2) is 5.76 Å². The summed E-state index contributed by atoms with van der Waals surface area (Å²) in [6, 6.07) is 6.70. The summed E-state index contributed by atoms with van der Waals surface area (Å²) >= 11 is 6.52. The van der Waals surface area contributed by atoms with E-state index >= 15 is 0 Å². The van der Waals surface area contributed by atoms with Gasteiger partial charge < -0.3 is 4.74 Å². The first-order chi connectivity index (χ1) is 14.4. The number of aromatic nitrogens is 3. The number of aryl methyl sites for hydroxylation is 1. The smallest absolute Gasteiger partial charge is 0.263 e. The number of pyridine rings is 1. The molecule has 0 bridgehead atoms. The van der Waals surface area contributed by atoms with Gasteiger partial charge in [0, 0.05) is 29.8 Å². The van der Waals surface area contributed by atoms with Gasteiger partial charge in [0.05, 0.1) is 17.8 Å². The minimum Gasteiger partial charge on any atom is -0.484 e. The molecule has 4 nitrogen and oxygen atoms in total. The van der Waals surface area contributed by atoms with Crippen molar-refractivity contribution in [3.63, 3.8) is 0 Å². The van der Waals surface area contributed by atoms with Crippen LogP contribution in [0.3, 0.4) is 0 Å². The zero-order valence-electron chi connectivity index (χ0n) is 17.1. The van der Waals surface area contributed by atoms with Crippen molar-refractivity contribution in [2.45, 2.75) is 45.0 Å². The van der Waals surface area contributed by atoms with Gasteiger partial charge in [-0.15, -0.1) is 0 Å². The first kappa shape index (κ1) is 20.7. The van der Waals surface area contributed by atoms with E-state index in [1.807, 2.05) is 24.7 Å². The summed E-state index contributed by atoms with van der Waals surface area (Å²) in [6.07, 6.45) is 1.64. The molecule has 1 saturated carbocycles. The van der Waals surface area contributed by atoms with E-state index in [1.165, 1.54) is 6.07 Å². The molecule has 7 heteroatoms. The number of hydrogen-bond donors (Lipinski definition) is 0. The Bertz CT molecular complexity index is 1140. The van der Waals surface area contributed by atoms with Crippen LogP contribution in [-0.4, -0.2) is 20.8 Å². The van der Waals surface area contributed by atoms with E-state index in [2.05, 4.69) is 12.3 Å². The van der Waals surface area contributed by atoms with Gasteiger partial charge in [-0.05, 0) is 44.0 Å². The van der Waals surface area contributed by atoms with E-state index < -0.39 is 6.43 Å². The molecular weight excluding hydrogens is 408 g/mol. The molecule has 3 heterocycles. The molecule has 1 fully saturated rings. The molecule has 3 aromatic heterocycles. The lowest BCUT2D eigenvalue weighted by molar-refractivity contribution is 0.151. The molecule has 0 unspecified atom stereocenters. The summed E-state index contributed by atoms with van der Waals surface area (Å²) in [5.74, 6) is 0.738. The minimum atomic E-state index is -2.56. The second-order valence-corrected chi connectivity index (χ2v) is 7.95. The fourth-order valence-electron chi connectivity index (χ4n) is 4.30. The SMILES string of the molecule is C=C=C(OCC)c1cc2c(-c3cc(C(F)F)cc(C4CCCC4)n3)cc(Cl)n2n1C. The average Bonchev–Trinajstić information content (AvgIpc) is 3.45. The zero-order chi connectivity index (χ0) is 21.4. The molecule has 1 aliphatic rings. The predicted octanol–water partition coefficient (Wildman–Crippen LogP) is 6.75. The highest BCUT2D eigenvalue weighted by Crippen LogP contribution is 2.38. The first-order valence-electron chi connectivity index (χ1n) is 10.1. The van der Waals surface area contributed by atoms with Gasteiger partial charge in [-0.2, -0.15) is 0 Å². The summed E-state index contributed by atoms with van der Waals surface area (Å²) in [5.41, 5.74) is 6.28. The maximum absolute atomic E-state index is 13.7. The lowest BCUT2D eigenvalue weighted by atomic mass is 10.00. The Labute approximate surface area is 179 Å². The summed E-state index contributed by atoms with van der Waals surface area (Å²) in [7, 11) is 1.85. The largest absolute Gasteiger partial charge is 0.484 e. The number of ether oxygens (including phenoxy) is 1. The van der Waals surface area contributed by atoms with E-state index in [-0.39, 0.29) is 11.5 Å². The molecule has 0 N–H and O–H groups in total. The molecular formula is C23H24ClF2N3O. The topological polar surface area (TPSA) is 31.5 Å². The van der Waals surface area contributed by atoms with E-state index in [9.17, 15) is 8.78 Å². The van der Waals surface area contributed by atoms with Gasteiger partial charge in [-0.1, -0.05) is 36.8 Å². The molecule has 158 valence electrons. The van der Waals surface area contributed by atoms with E-state index in [0.717, 1.165) is 42.6 Å². The summed E-state index contributed by atoms with van der Waals surface area (Å²) in [4.78, 5) is 4.79. The molecule has 4 rings (SSSR count). The Hall–Kier alpha value is -2.56. The molecule has 0 radical (unpaired) electrons. The zero-order valence-corrected chi connectivity index (χ0v) is 17.8. The van der Waals surface area contributed by atoms with E-state index in [1.54, 1.807) is 16.6 Å². The monoisotopic (exact) mass is 431 g/mol. The number of fused-ring (bicyclic) bond motifs is 1. The first-order valence-corrected chi connectivity index (χ1v) is 10.5. The number of nitrogens with zero attached hydrogens (tertiary/aromatic N) is 3. The number of halogens is 3. The van der Waals surface area contributed by atoms with Crippen LogP contribution in [-0.2, 0) is 11.8 Å². The highest BCUT2D eigenvalue weighted by molar-refractivity contribution is 6.30. The van der Waals surface area contributed by atoms with Crippen molar-refractivity contribution in [1.29, 1.82) is 0 Å². The maximum atomic E-state index is 13.7. The number of rotatable bonds is 6. The van der Waals surface area contributed by atoms with Crippen molar-refractivity contribution in [3.8, 4) is 11.3 Å². The molecule has 3 aromatic rings. The summed E-state index contributed by atoms with van der Waals surface area (Å²) in [5, 5.41) is 0.459. The molecule has 0 saturated heterocycles. The van der Waals surface area contributed by atoms with Gasteiger partial charge in [-0.25, -0.2) is 13.3 Å². The van der Waals surface area contributed by atoms with Crippen LogP contribution in [0.15, 0.2) is 36.6 Å². The average molecular weight is 432 g/mol. The van der Waals surface area contributed by atoms with Gasteiger partial charge >= 0.3 is 0 Å². The molecule has 0 atom stereocenters. The fraction of sp³-hybridized carbons (Fsp3) is 0.391. The van der Waals surface area contributed by atoms with Crippen LogP contribution in [0.1, 0.15) is 61.9 Å². The Morgan fingerprint density at radius 3 is 2.67 bits per heavy atom. The Kier molecular flexibility index (Phi) is 5.72. The highest BCUT2D eigenvalue weighted by atomic mass is 35.5. The minimum absolute atomic E-state index is 0.00507. The van der Waals surface area contributed by atoms with Gasteiger partial charge in [0.1, 0.15) is 10.8 Å². The predicted molar refractivity (Wildman–Crippen MR) is 115 cm³/mol. The van der Waals surface area contributed by atoms with Gasteiger partial charge in [-0.3, -0.25) is 9.67 Å². The molecule has 0 aromatic carbocycles. The van der Waals surface area contributed by atoms with E-state index in [4.69, 9.17) is 21.3 Å². The van der Waals surface area contributed by atoms with Gasteiger partial charge in [0.25, 0.3) is 6.43 Å². The molecule has 30 heavy (non-hydrogen) atoms. The molecule has 0 aliphatic heterocycles. The lowest BCUT2D eigenvalue weighted by Crippen LogP contribution is -2.04. The van der Waals surface area contributed by atoms with Crippen LogP contribution in [0.25, 0.3) is 22.5 Å². The van der Waals surface area contributed by atoms with Crippen LogP contribution in [0, 0.1) is 0 Å². The van der Waals surface area contributed by atoms with Crippen LogP contribution >= 0.6 is 11.6 Å². The Balaban J connectivity index is 1.90. The molecule has 0 spiro atoms. The molecule has 1 aliphatic carbocycles. The van der Waals surface area contributed by atoms with Crippen molar-refractivity contribution >= 4 is 22.9 Å². The van der Waals surface area contributed by atoms with E-state index in [0.29, 0.717) is 28.8 Å². The quantitative estimate of drug-likeness (QED) is 0.319. The van der Waals surface area contributed by atoms with Crippen LogP contribution in [0.4, 0.5) is 8.78 Å². The third-order valence-electron chi connectivity index (χ3n) is 5.74. The third-order valence-corrected chi connectivity index (χ3v) is 6.01. The van der Waals surface area contributed by atoms with Crippen LogP contribution < -0.4 is 0 Å². The van der Waals surface area contributed by atoms with Crippen LogP contribution in [0.2, 0.25) is 5.15 Å². The molecule has 0 amide bonds. The van der Waals surface area contributed by atoms with Crippen molar-refractivity contribution in [1.82, 2.24) is 14.2 Å². The Morgan fingerprint density at radius 1 is 1.30 bits per heavy atom. The highest BCUT2D eigenvalue weighted by Gasteiger charge is 2.24. The third kappa shape index (κ3) is 3.55. The van der Waals surface area contributed by atoms with Crippen molar-refractivity contribution < 1.29 is 13.5 Å². The second-order valence-electron chi connectivity index (χ2n) is 7.56.